The first-order valence-corrected chi connectivity index (χ1v) is 10.4. The van der Waals surface area contributed by atoms with E-state index < -0.39 is 0 Å². The number of para-hydroxylation sites is 2. The van der Waals surface area contributed by atoms with Crippen molar-refractivity contribution in [2.45, 2.75) is 12.3 Å². The van der Waals surface area contributed by atoms with E-state index in [0.717, 1.165) is 28.3 Å². The molecule has 2 heterocycles. The normalized spacial score (nSPS) is 13.8. The van der Waals surface area contributed by atoms with Crippen molar-refractivity contribution in [2.24, 2.45) is 0 Å². The summed E-state index contributed by atoms with van der Waals surface area (Å²) >= 11 is 1.67. The van der Waals surface area contributed by atoms with E-state index in [0.29, 0.717) is 18.8 Å². The first kappa shape index (κ1) is 18.4. The van der Waals surface area contributed by atoms with Gasteiger partial charge in [0.25, 0.3) is 0 Å². The van der Waals surface area contributed by atoms with Crippen molar-refractivity contribution < 1.29 is 9.59 Å². The second-order valence-corrected chi connectivity index (χ2v) is 7.38. The maximum absolute atomic E-state index is 12.7. The zero-order valence-electron chi connectivity index (χ0n) is 15.5. The van der Waals surface area contributed by atoms with Crippen molar-refractivity contribution in [3.63, 3.8) is 0 Å². The molecule has 0 saturated carbocycles. The molecule has 3 amide bonds. The standard InChI is InChI=1S/C20H21N5O2S/c1-28-13-18-23-16-7-2-3-8-17(16)25(18)12-19(26)22-14-5-4-6-15(11-14)24-10-9-21-20(24)27/h2-8,11H,9-10,12-13H2,1H3,(H,21,27)(H,22,26). The van der Waals surface area contributed by atoms with Crippen LogP contribution in [0.3, 0.4) is 0 Å². The summed E-state index contributed by atoms with van der Waals surface area (Å²) in [6.45, 7) is 1.43. The SMILES string of the molecule is CSCc1nc2ccccc2n1CC(=O)Nc1cccc(N2CCNC2=O)c1. The first-order chi connectivity index (χ1) is 13.7. The third-order valence-electron chi connectivity index (χ3n) is 4.61. The molecule has 1 fully saturated rings. The fraction of sp³-hybridized carbons (Fsp3) is 0.250. The third kappa shape index (κ3) is 3.68. The summed E-state index contributed by atoms with van der Waals surface area (Å²) < 4.78 is 1.96. The lowest BCUT2D eigenvalue weighted by molar-refractivity contribution is -0.116. The van der Waals surface area contributed by atoms with Gasteiger partial charge in [0.05, 0.1) is 16.8 Å². The van der Waals surface area contributed by atoms with E-state index in [1.807, 2.05) is 59.4 Å². The van der Waals surface area contributed by atoms with Crippen LogP contribution in [0.25, 0.3) is 11.0 Å². The van der Waals surface area contributed by atoms with Gasteiger partial charge in [0.15, 0.2) is 0 Å². The van der Waals surface area contributed by atoms with Crippen molar-refractivity contribution >= 4 is 46.1 Å². The Hall–Kier alpha value is -3.00. The first-order valence-electron chi connectivity index (χ1n) is 9.04. The summed E-state index contributed by atoms with van der Waals surface area (Å²) in [6, 6.07) is 15.1. The van der Waals surface area contributed by atoms with Crippen molar-refractivity contribution in [2.75, 3.05) is 29.6 Å². The second-order valence-electron chi connectivity index (χ2n) is 6.52. The minimum atomic E-state index is -0.131. The lowest BCUT2D eigenvalue weighted by Gasteiger charge is -2.16. The fourth-order valence-electron chi connectivity index (χ4n) is 3.35. The number of carbonyl (C=O) groups excluding carboxylic acids is 2. The Bertz CT molecular complexity index is 1030. The number of amides is 3. The van der Waals surface area contributed by atoms with Crippen LogP contribution in [-0.2, 0) is 17.1 Å². The van der Waals surface area contributed by atoms with Crippen LogP contribution in [0, 0.1) is 0 Å². The molecule has 1 aromatic heterocycles. The zero-order chi connectivity index (χ0) is 19.5. The molecule has 2 aromatic carbocycles. The molecule has 2 N–H and O–H groups in total. The van der Waals surface area contributed by atoms with Crippen molar-refractivity contribution in [1.82, 2.24) is 14.9 Å². The molecule has 0 aliphatic carbocycles. The second kappa shape index (κ2) is 7.93. The van der Waals surface area contributed by atoms with E-state index in [-0.39, 0.29) is 18.5 Å². The molecule has 0 spiro atoms. The largest absolute Gasteiger partial charge is 0.336 e. The Labute approximate surface area is 167 Å². The molecule has 0 unspecified atom stereocenters. The number of aromatic nitrogens is 2. The number of hydrogen-bond acceptors (Lipinski definition) is 4. The number of nitrogens with zero attached hydrogens (tertiary/aromatic N) is 3. The smallest absolute Gasteiger partial charge is 0.321 e. The predicted octanol–water partition coefficient (Wildman–Crippen LogP) is 3.07. The number of urea groups is 1. The van der Waals surface area contributed by atoms with Crippen LogP contribution in [0.4, 0.5) is 16.2 Å². The Balaban J connectivity index is 1.53. The topological polar surface area (TPSA) is 79.3 Å². The molecule has 3 aromatic rings. The van der Waals surface area contributed by atoms with Crippen LogP contribution in [0.1, 0.15) is 5.82 Å². The Morgan fingerprint density at radius 1 is 1.25 bits per heavy atom. The number of carbonyl (C=O) groups is 2. The van der Waals surface area contributed by atoms with Gasteiger partial charge in [-0.25, -0.2) is 9.78 Å². The van der Waals surface area contributed by atoms with Crippen LogP contribution >= 0.6 is 11.8 Å². The number of benzene rings is 2. The number of nitrogens with one attached hydrogen (secondary N) is 2. The minimum absolute atomic E-state index is 0.116. The van der Waals surface area contributed by atoms with Crippen LogP contribution in [0.2, 0.25) is 0 Å². The average molecular weight is 395 g/mol. The van der Waals surface area contributed by atoms with E-state index in [1.165, 1.54) is 0 Å². The molecule has 1 saturated heterocycles. The van der Waals surface area contributed by atoms with Gasteiger partial charge in [-0.05, 0) is 36.6 Å². The summed E-state index contributed by atoms with van der Waals surface area (Å²) in [5.41, 5.74) is 3.27. The number of anilines is 2. The van der Waals surface area contributed by atoms with Gasteiger partial charge in [-0.3, -0.25) is 9.69 Å². The van der Waals surface area contributed by atoms with Gasteiger partial charge >= 0.3 is 6.03 Å². The van der Waals surface area contributed by atoms with E-state index in [9.17, 15) is 9.59 Å². The van der Waals surface area contributed by atoms with Crippen molar-refractivity contribution in [1.29, 1.82) is 0 Å². The van der Waals surface area contributed by atoms with E-state index in [4.69, 9.17) is 0 Å². The summed E-state index contributed by atoms with van der Waals surface area (Å²) in [6.07, 6.45) is 2.02. The number of hydrogen-bond donors (Lipinski definition) is 2. The number of imidazole rings is 1. The Morgan fingerprint density at radius 2 is 2.11 bits per heavy atom. The molecule has 0 bridgehead atoms. The highest BCUT2D eigenvalue weighted by atomic mass is 32.2. The van der Waals surface area contributed by atoms with Crippen LogP contribution < -0.4 is 15.5 Å². The highest BCUT2D eigenvalue weighted by Crippen LogP contribution is 2.22. The molecule has 7 nitrogen and oxygen atoms in total. The number of rotatable bonds is 6. The highest BCUT2D eigenvalue weighted by Gasteiger charge is 2.21. The number of thioether (sulfide) groups is 1. The summed E-state index contributed by atoms with van der Waals surface area (Å²) in [4.78, 5) is 30.9. The van der Waals surface area contributed by atoms with Gasteiger partial charge in [-0.15, -0.1) is 0 Å². The monoisotopic (exact) mass is 395 g/mol. The molecular formula is C20H21N5O2S. The molecule has 1 aliphatic heterocycles. The van der Waals surface area contributed by atoms with Gasteiger partial charge in [0.2, 0.25) is 5.91 Å². The number of fused-ring (bicyclic) bond motifs is 1. The zero-order valence-corrected chi connectivity index (χ0v) is 16.3. The summed E-state index contributed by atoms with van der Waals surface area (Å²) in [7, 11) is 0. The van der Waals surface area contributed by atoms with Crippen LogP contribution in [0.5, 0.6) is 0 Å². The quantitative estimate of drug-likeness (QED) is 0.672. The molecule has 1 aliphatic rings. The summed E-state index contributed by atoms with van der Waals surface area (Å²) in [5, 5.41) is 5.72. The van der Waals surface area contributed by atoms with Crippen LogP contribution in [-0.4, -0.2) is 40.8 Å². The summed E-state index contributed by atoms with van der Waals surface area (Å²) in [5.74, 6) is 1.49. The molecule has 0 radical (unpaired) electrons. The molecule has 8 heteroatoms. The lowest BCUT2D eigenvalue weighted by atomic mass is 10.2. The van der Waals surface area contributed by atoms with Gasteiger partial charge in [0.1, 0.15) is 12.4 Å². The van der Waals surface area contributed by atoms with E-state index in [2.05, 4.69) is 15.6 Å². The molecule has 28 heavy (non-hydrogen) atoms. The van der Waals surface area contributed by atoms with Crippen molar-refractivity contribution in [3.05, 3.63) is 54.4 Å². The Kier molecular flexibility index (Phi) is 5.21. The highest BCUT2D eigenvalue weighted by molar-refractivity contribution is 7.97. The molecular weight excluding hydrogens is 374 g/mol. The van der Waals surface area contributed by atoms with Crippen LogP contribution in [0.15, 0.2) is 48.5 Å². The van der Waals surface area contributed by atoms with Gasteiger partial charge < -0.3 is 15.2 Å². The molecule has 0 atom stereocenters. The molecule has 4 rings (SSSR count). The maximum Gasteiger partial charge on any atom is 0.321 e. The van der Waals surface area contributed by atoms with E-state index >= 15 is 0 Å². The van der Waals surface area contributed by atoms with Gasteiger partial charge in [0, 0.05) is 24.5 Å². The third-order valence-corrected chi connectivity index (χ3v) is 5.15. The Morgan fingerprint density at radius 3 is 2.89 bits per heavy atom. The maximum atomic E-state index is 12.7. The fourth-order valence-corrected chi connectivity index (χ4v) is 3.83. The lowest BCUT2D eigenvalue weighted by Crippen LogP contribution is -2.27. The minimum Gasteiger partial charge on any atom is -0.336 e. The predicted molar refractivity (Wildman–Crippen MR) is 113 cm³/mol. The average Bonchev–Trinajstić information content (AvgIpc) is 3.26. The van der Waals surface area contributed by atoms with Gasteiger partial charge in [-0.1, -0.05) is 18.2 Å². The van der Waals surface area contributed by atoms with Gasteiger partial charge in [-0.2, -0.15) is 11.8 Å². The van der Waals surface area contributed by atoms with Crippen molar-refractivity contribution in [3.8, 4) is 0 Å². The van der Waals surface area contributed by atoms with E-state index in [1.54, 1.807) is 16.7 Å². The molecule has 144 valence electrons.